The summed E-state index contributed by atoms with van der Waals surface area (Å²) in [5.74, 6) is 0.0212. The number of hydrogen-bond acceptors (Lipinski definition) is 5. The van der Waals surface area contributed by atoms with Crippen LogP contribution >= 0.6 is 11.5 Å². The third kappa shape index (κ3) is 2.67. The highest BCUT2D eigenvalue weighted by atomic mass is 32.1. The van der Waals surface area contributed by atoms with Gasteiger partial charge in [-0.25, -0.2) is 0 Å². The van der Waals surface area contributed by atoms with Gasteiger partial charge in [-0.3, -0.25) is 9.59 Å². The van der Waals surface area contributed by atoms with E-state index in [1.165, 1.54) is 0 Å². The summed E-state index contributed by atoms with van der Waals surface area (Å²) in [5, 5.41) is 6.95. The van der Waals surface area contributed by atoms with E-state index in [9.17, 15) is 9.59 Å². The largest absolute Gasteiger partial charge is 0.346 e. The fraction of sp³-hybridized carbons (Fsp3) is 0.692. The summed E-state index contributed by atoms with van der Waals surface area (Å²) in [6.45, 7) is 2.69. The van der Waals surface area contributed by atoms with Crippen molar-refractivity contribution in [2.75, 3.05) is 6.54 Å². The van der Waals surface area contributed by atoms with Crippen LogP contribution in [0.15, 0.2) is 0 Å². The van der Waals surface area contributed by atoms with Gasteiger partial charge >= 0.3 is 0 Å². The van der Waals surface area contributed by atoms with Crippen molar-refractivity contribution in [2.24, 2.45) is 0 Å². The smallest absolute Gasteiger partial charge is 0.265 e. The number of likely N-dealkylation sites (tertiary alicyclic amines) is 1. The van der Waals surface area contributed by atoms with Crippen molar-refractivity contribution < 1.29 is 9.59 Å². The monoisotopic (exact) mass is 294 g/mol. The molecule has 2 fully saturated rings. The molecule has 1 aromatic rings. The van der Waals surface area contributed by atoms with E-state index in [0.717, 1.165) is 42.9 Å². The summed E-state index contributed by atoms with van der Waals surface area (Å²) in [6.07, 6.45) is 4.31. The fourth-order valence-corrected chi connectivity index (χ4v) is 3.21. The number of aryl methyl sites for hydroxylation is 1. The number of carbonyl (C=O) groups is 2. The van der Waals surface area contributed by atoms with E-state index in [-0.39, 0.29) is 17.9 Å². The van der Waals surface area contributed by atoms with Crippen molar-refractivity contribution in [3.05, 3.63) is 10.6 Å². The molecule has 0 radical (unpaired) electrons. The van der Waals surface area contributed by atoms with Gasteiger partial charge in [0.2, 0.25) is 5.91 Å². The van der Waals surface area contributed by atoms with Gasteiger partial charge in [-0.15, -0.1) is 5.10 Å². The lowest BCUT2D eigenvalue weighted by Crippen LogP contribution is -2.37. The van der Waals surface area contributed by atoms with Gasteiger partial charge in [0, 0.05) is 19.0 Å². The highest BCUT2D eigenvalue weighted by Crippen LogP contribution is 2.30. The molecule has 108 valence electrons. The molecule has 1 saturated heterocycles. The van der Waals surface area contributed by atoms with Crippen LogP contribution in [0.3, 0.4) is 0 Å². The molecule has 1 aromatic heterocycles. The molecule has 20 heavy (non-hydrogen) atoms. The molecule has 6 nitrogen and oxygen atoms in total. The van der Waals surface area contributed by atoms with Crippen LogP contribution < -0.4 is 5.32 Å². The molecule has 2 heterocycles. The number of nitrogens with one attached hydrogen (secondary N) is 1. The molecule has 1 aliphatic carbocycles. The first kappa shape index (κ1) is 13.5. The Labute approximate surface area is 121 Å². The number of carbonyl (C=O) groups excluding carboxylic acids is 2. The standard InChI is InChI=1S/C13H18N4O2S/c1-2-3-10-12(20-16-15-10)13(19)14-8-6-11(18)17(7-8)9-4-5-9/h8-9H,2-7H2,1H3,(H,14,19)/t8-/m0/s1. The minimum Gasteiger partial charge on any atom is -0.346 e. The molecule has 0 unspecified atom stereocenters. The van der Waals surface area contributed by atoms with Gasteiger partial charge in [-0.1, -0.05) is 17.8 Å². The zero-order valence-corrected chi connectivity index (χ0v) is 12.3. The van der Waals surface area contributed by atoms with Gasteiger partial charge in [-0.2, -0.15) is 0 Å². The molecule has 1 atom stereocenters. The fourth-order valence-electron chi connectivity index (χ4n) is 2.60. The molecule has 0 spiro atoms. The number of hydrogen-bond donors (Lipinski definition) is 1. The Bertz CT molecular complexity index is 526. The number of amides is 2. The third-order valence-electron chi connectivity index (χ3n) is 3.73. The zero-order valence-electron chi connectivity index (χ0n) is 11.5. The summed E-state index contributed by atoms with van der Waals surface area (Å²) in [4.78, 5) is 26.6. The summed E-state index contributed by atoms with van der Waals surface area (Å²) in [7, 11) is 0. The molecule has 0 bridgehead atoms. The summed E-state index contributed by atoms with van der Waals surface area (Å²) >= 11 is 1.13. The lowest BCUT2D eigenvalue weighted by molar-refractivity contribution is -0.128. The molecule has 2 amide bonds. The van der Waals surface area contributed by atoms with Crippen molar-refractivity contribution in [3.63, 3.8) is 0 Å². The summed E-state index contributed by atoms with van der Waals surface area (Å²) in [5.41, 5.74) is 0.762. The second-order valence-electron chi connectivity index (χ2n) is 5.45. The van der Waals surface area contributed by atoms with E-state index in [4.69, 9.17) is 0 Å². The maximum absolute atomic E-state index is 12.2. The number of nitrogens with zero attached hydrogens (tertiary/aromatic N) is 3. The summed E-state index contributed by atoms with van der Waals surface area (Å²) < 4.78 is 3.86. The minimum absolute atomic E-state index is 0.0767. The van der Waals surface area contributed by atoms with Crippen molar-refractivity contribution in [3.8, 4) is 0 Å². The average Bonchev–Trinajstić information content (AvgIpc) is 3.04. The van der Waals surface area contributed by atoms with E-state index in [1.807, 2.05) is 11.8 Å². The van der Waals surface area contributed by atoms with Crippen molar-refractivity contribution in [1.29, 1.82) is 0 Å². The Morgan fingerprint density at radius 3 is 3.00 bits per heavy atom. The van der Waals surface area contributed by atoms with Crippen LogP contribution in [0.1, 0.15) is 48.0 Å². The van der Waals surface area contributed by atoms with Crippen LogP contribution in [0.25, 0.3) is 0 Å². The van der Waals surface area contributed by atoms with Gasteiger partial charge in [-0.05, 0) is 30.8 Å². The van der Waals surface area contributed by atoms with Crippen LogP contribution in [-0.2, 0) is 11.2 Å². The van der Waals surface area contributed by atoms with E-state index >= 15 is 0 Å². The molecule has 3 rings (SSSR count). The van der Waals surface area contributed by atoms with E-state index in [2.05, 4.69) is 14.9 Å². The second-order valence-corrected chi connectivity index (χ2v) is 6.20. The lowest BCUT2D eigenvalue weighted by Gasteiger charge is -2.15. The SMILES string of the molecule is CCCc1nnsc1C(=O)N[C@H]1CC(=O)N(C2CC2)C1. The Balaban J connectivity index is 1.61. The van der Waals surface area contributed by atoms with Crippen LogP contribution in [0.2, 0.25) is 0 Å². The van der Waals surface area contributed by atoms with Gasteiger partial charge in [0.05, 0.1) is 11.7 Å². The van der Waals surface area contributed by atoms with Gasteiger partial charge in [0.25, 0.3) is 5.91 Å². The zero-order chi connectivity index (χ0) is 14.1. The van der Waals surface area contributed by atoms with E-state index in [0.29, 0.717) is 23.9 Å². The molecule has 2 aliphatic rings. The van der Waals surface area contributed by atoms with Crippen molar-refractivity contribution >= 4 is 23.3 Å². The highest BCUT2D eigenvalue weighted by molar-refractivity contribution is 7.08. The maximum atomic E-state index is 12.2. The molecular weight excluding hydrogens is 276 g/mol. The summed E-state index contributed by atoms with van der Waals surface area (Å²) in [6, 6.07) is 0.345. The first-order valence-corrected chi connectivity index (χ1v) is 7.88. The van der Waals surface area contributed by atoms with E-state index < -0.39 is 0 Å². The van der Waals surface area contributed by atoms with Crippen LogP contribution in [-0.4, -0.2) is 44.9 Å². The normalized spacial score (nSPS) is 22.4. The topological polar surface area (TPSA) is 75.2 Å². The Kier molecular flexibility index (Phi) is 3.69. The van der Waals surface area contributed by atoms with Crippen LogP contribution in [0.5, 0.6) is 0 Å². The predicted octanol–water partition coefficient (Wildman–Crippen LogP) is 0.984. The minimum atomic E-state index is -0.140. The Morgan fingerprint density at radius 1 is 1.50 bits per heavy atom. The Hall–Kier alpha value is -1.50. The molecule has 7 heteroatoms. The number of rotatable bonds is 5. The molecule has 1 saturated carbocycles. The van der Waals surface area contributed by atoms with Gasteiger partial charge < -0.3 is 10.2 Å². The van der Waals surface area contributed by atoms with Crippen molar-refractivity contribution in [1.82, 2.24) is 19.8 Å². The quantitative estimate of drug-likeness (QED) is 0.878. The third-order valence-corrected chi connectivity index (χ3v) is 4.50. The first-order valence-electron chi connectivity index (χ1n) is 7.10. The first-order chi connectivity index (χ1) is 9.69. The van der Waals surface area contributed by atoms with E-state index in [1.54, 1.807) is 0 Å². The molecule has 1 N–H and O–H groups in total. The van der Waals surface area contributed by atoms with Crippen LogP contribution in [0.4, 0.5) is 0 Å². The van der Waals surface area contributed by atoms with Gasteiger partial charge in [0.1, 0.15) is 4.88 Å². The van der Waals surface area contributed by atoms with Crippen molar-refractivity contribution in [2.45, 2.75) is 51.1 Å². The number of aromatic nitrogens is 2. The average molecular weight is 294 g/mol. The molecular formula is C13H18N4O2S. The second kappa shape index (κ2) is 5.47. The van der Waals surface area contributed by atoms with Crippen LogP contribution in [0, 0.1) is 0 Å². The maximum Gasteiger partial charge on any atom is 0.265 e. The molecule has 0 aromatic carbocycles. The molecule has 1 aliphatic heterocycles. The lowest BCUT2D eigenvalue weighted by atomic mass is 10.2. The highest BCUT2D eigenvalue weighted by Gasteiger charge is 2.39. The predicted molar refractivity (Wildman–Crippen MR) is 74.5 cm³/mol. The Morgan fingerprint density at radius 2 is 2.30 bits per heavy atom. The van der Waals surface area contributed by atoms with Gasteiger partial charge in [0.15, 0.2) is 0 Å².